The van der Waals surface area contributed by atoms with Crippen molar-refractivity contribution in [3.8, 4) is 0 Å². The molecular formula is C18H24N4O2S. The van der Waals surface area contributed by atoms with Gasteiger partial charge in [-0.25, -0.2) is 0 Å². The van der Waals surface area contributed by atoms with E-state index >= 15 is 0 Å². The molecule has 0 spiro atoms. The predicted octanol–water partition coefficient (Wildman–Crippen LogP) is 0.851. The Balaban J connectivity index is 1.55. The van der Waals surface area contributed by atoms with Crippen LogP contribution in [0.2, 0.25) is 0 Å². The summed E-state index contributed by atoms with van der Waals surface area (Å²) in [5, 5.41) is 2.75. The van der Waals surface area contributed by atoms with E-state index in [1.807, 2.05) is 31.1 Å². The number of thiocarbonyl (C=S) groups is 1. The Bertz CT molecular complexity index is 666. The van der Waals surface area contributed by atoms with Crippen LogP contribution in [-0.4, -0.2) is 72.9 Å². The van der Waals surface area contributed by atoms with E-state index in [-0.39, 0.29) is 17.9 Å². The van der Waals surface area contributed by atoms with Gasteiger partial charge in [0.25, 0.3) is 0 Å². The third kappa shape index (κ3) is 3.92. The number of carbonyl (C=O) groups excluding carboxylic acids is 2. The van der Waals surface area contributed by atoms with Crippen molar-refractivity contribution >= 4 is 34.7 Å². The smallest absolute Gasteiger partial charge is 0.245 e. The molecular weight excluding hydrogens is 336 g/mol. The van der Waals surface area contributed by atoms with E-state index in [9.17, 15) is 9.59 Å². The summed E-state index contributed by atoms with van der Waals surface area (Å²) in [6.07, 6.45) is 1.05. The maximum Gasteiger partial charge on any atom is 0.245 e. The zero-order chi connectivity index (χ0) is 18.0. The maximum atomic E-state index is 12.4. The zero-order valence-corrected chi connectivity index (χ0v) is 15.5. The van der Waals surface area contributed by atoms with Crippen LogP contribution in [-0.2, 0) is 9.59 Å². The summed E-state index contributed by atoms with van der Waals surface area (Å²) in [7, 11) is 4.02. The van der Waals surface area contributed by atoms with E-state index < -0.39 is 0 Å². The number of carbonyl (C=O) groups is 2. The molecule has 1 N–H and O–H groups in total. The molecule has 25 heavy (non-hydrogen) atoms. The summed E-state index contributed by atoms with van der Waals surface area (Å²) < 4.78 is 0. The molecule has 1 aromatic rings. The highest BCUT2D eigenvalue weighted by atomic mass is 32.1. The Morgan fingerprint density at radius 1 is 1.12 bits per heavy atom. The number of piperazine rings is 1. The Labute approximate surface area is 153 Å². The van der Waals surface area contributed by atoms with Gasteiger partial charge < -0.3 is 20.0 Å². The van der Waals surface area contributed by atoms with Crippen LogP contribution >= 0.6 is 12.2 Å². The first-order chi connectivity index (χ1) is 12.0. The summed E-state index contributed by atoms with van der Waals surface area (Å²) in [6.45, 7) is 2.73. The molecule has 1 atom stereocenters. The molecule has 3 rings (SSSR count). The summed E-state index contributed by atoms with van der Waals surface area (Å²) in [5.41, 5.74) is 2.17. The van der Waals surface area contributed by atoms with Gasteiger partial charge in [-0.15, -0.1) is 0 Å². The van der Waals surface area contributed by atoms with Crippen LogP contribution in [0.25, 0.3) is 0 Å². The second kappa shape index (κ2) is 7.39. The molecule has 2 heterocycles. The topological polar surface area (TPSA) is 55.9 Å². The minimum atomic E-state index is -0.343. The van der Waals surface area contributed by atoms with Crippen LogP contribution in [0.15, 0.2) is 24.3 Å². The molecule has 2 aliphatic heterocycles. The standard InChI is InChI=1S/C18H24N4O2S/c1-20(2)14-5-3-13(4-6-14)18(25)22-11-9-21(10-12-22)17(24)15-7-8-16(23)19-15/h3-6,15H,7-12H2,1-2H3,(H,19,23)/t15-/m1/s1. The van der Waals surface area contributed by atoms with Crippen molar-refractivity contribution in [2.75, 3.05) is 45.2 Å². The fraction of sp³-hybridized carbons (Fsp3) is 0.500. The first kappa shape index (κ1) is 17.7. The van der Waals surface area contributed by atoms with Crippen LogP contribution in [0.1, 0.15) is 18.4 Å². The summed E-state index contributed by atoms with van der Waals surface area (Å²) in [4.78, 5) is 30.6. The zero-order valence-electron chi connectivity index (χ0n) is 14.7. The molecule has 6 nitrogen and oxygen atoms in total. The van der Waals surface area contributed by atoms with Gasteiger partial charge in [-0.05, 0) is 30.7 Å². The highest BCUT2D eigenvalue weighted by Crippen LogP contribution is 2.17. The van der Waals surface area contributed by atoms with E-state index in [0.717, 1.165) is 29.3 Å². The van der Waals surface area contributed by atoms with Gasteiger partial charge in [-0.2, -0.15) is 0 Å². The molecule has 0 radical (unpaired) electrons. The first-order valence-corrected chi connectivity index (χ1v) is 9.01. The summed E-state index contributed by atoms with van der Waals surface area (Å²) >= 11 is 5.63. The van der Waals surface area contributed by atoms with Crippen LogP contribution in [0.4, 0.5) is 5.69 Å². The van der Waals surface area contributed by atoms with Gasteiger partial charge in [0.1, 0.15) is 11.0 Å². The molecule has 1 aromatic carbocycles. The van der Waals surface area contributed by atoms with E-state index in [1.165, 1.54) is 0 Å². The van der Waals surface area contributed by atoms with E-state index in [1.54, 1.807) is 0 Å². The number of nitrogens with zero attached hydrogens (tertiary/aromatic N) is 3. The quantitative estimate of drug-likeness (QED) is 0.810. The van der Waals surface area contributed by atoms with Crippen LogP contribution in [0.5, 0.6) is 0 Å². The molecule has 0 bridgehead atoms. The lowest BCUT2D eigenvalue weighted by atomic mass is 10.1. The lowest BCUT2D eigenvalue weighted by molar-refractivity contribution is -0.135. The number of anilines is 1. The van der Waals surface area contributed by atoms with Crippen LogP contribution in [0.3, 0.4) is 0 Å². The van der Waals surface area contributed by atoms with Crippen molar-refractivity contribution in [1.29, 1.82) is 0 Å². The number of hydrogen-bond acceptors (Lipinski definition) is 4. The summed E-state index contributed by atoms with van der Waals surface area (Å²) in [5.74, 6) is 0.00564. The number of nitrogens with one attached hydrogen (secondary N) is 1. The Kier molecular flexibility index (Phi) is 5.22. The number of hydrogen-bond donors (Lipinski definition) is 1. The average Bonchev–Trinajstić information content (AvgIpc) is 3.07. The molecule has 2 fully saturated rings. The SMILES string of the molecule is CN(C)c1ccc(C(=S)N2CCN(C(=O)[C@H]3CCC(=O)N3)CC2)cc1. The minimum Gasteiger partial charge on any atom is -0.378 e. The van der Waals surface area contributed by atoms with Crippen molar-refractivity contribution < 1.29 is 9.59 Å². The molecule has 0 aliphatic carbocycles. The first-order valence-electron chi connectivity index (χ1n) is 8.60. The maximum absolute atomic E-state index is 12.4. The third-order valence-electron chi connectivity index (χ3n) is 4.80. The predicted molar refractivity (Wildman–Crippen MR) is 102 cm³/mol. The highest BCUT2D eigenvalue weighted by Gasteiger charge is 2.32. The fourth-order valence-electron chi connectivity index (χ4n) is 3.23. The van der Waals surface area contributed by atoms with E-state index in [4.69, 9.17) is 12.2 Å². The lowest BCUT2D eigenvalue weighted by Gasteiger charge is -2.37. The molecule has 0 saturated carbocycles. The largest absolute Gasteiger partial charge is 0.378 e. The van der Waals surface area contributed by atoms with Gasteiger partial charge >= 0.3 is 0 Å². The molecule has 2 aliphatic rings. The van der Waals surface area contributed by atoms with E-state index in [0.29, 0.717) is 25.9 Å². The highest BCUT2D eigenvalue weighted by molar-refractivity contribution is 7.80. The van der Waals surface area contributed by atoms with Gasteiger partial charge in [0, 0.05) is 57.9 Å². The van der Waals surface area contributed by atoms with E-state index in [2.05, 4.69) is 27.2 Å². The van der Waals surface area contributed by atoms with Crippen molar-refractivity contribution in [1.82, 2.24) is 15.1 Å². The number of benzene rings is 1. The van der Waals surface area contributed by atoms with Crippen molar-refractivity contribution in [3.63, 3.8) is 0 Å². The van der Waals surface area contributed by atoms with Crippen molar-refractivity contribution in [2.45, 2.75) is 18.9 Å². The third-order valence-corrected chi connectivity index (χ3v) is 5.30. The molecule has 0 unspecified atom stereocenters. The average molecular weight is 360 g/mol. The fourth-order valence-corrected chi connectivity index (χ4v) is 3.55. The molecule has 2 saturated heterocycles. The summed E-state index contributed by atoms with van der Waals surface area (Å²) in [6, 6.07) is 7.87. The molecule has 7 heteroatoms. The van der Waals surface area contributed by atoms with Crippen LogP contribution in [0, 0.1) is 0 Å². The molecule has 134 valence electrons. The van der Waals surface area contributed by atoms with Crippen molar-refractivity contribution in [3.05, 3.63) is 29.8 Å². The van der Waals surface area contributed by atoms with Gasteiger partial charge in [-0.1, -0.05) is 12.2 Å². The number of rotatable bonds is 3. The number of amides is 2. The van der Waals surface area contributed by atoms with Crippen LogP contribution < -0.4 is 10.2 Å². The second-order valence-electron chi connectivity index (χ2n) is 6.72. The van der Waals surface area contributed by atoms with Gasteiger partial charge in [-0.3, -0.25) is 9.59 Å². The monoisotopic (exact) mass is 360 g/mol. The van der Waals surface area contributed by atoms with Gasteiger partial charge in [0.15, 0.2) is 0 Å². The van der Waals surface area contributed by atoms with Crippen molar-refractivity contribution in [2.24, 2.45) is 0 Å². The second-order valence-corrected chi connectivity index (χ2v) is 7.10. The Morgan fingerprint density at radius 3 is 2.24 bits per heavy atom. The molecule has 2 amide bonds. The minimum absolute atomic E-state index is 0.0284. The van der Waals surface area contributed by atoms with Gasteiger partial charge in [0.2, 0.25) is 11.8 Å². The lowest BCUT2D eigenvalue weighted by Crippen LogP contribution is -2.54. The van der Waals surface area contributed by atoms with Gasteiger partial charge in [0.05, 0.1) is 0 Å². The normalized spacial score (nSPS) is 20.4. The molecule has 0 aromatic heterocycles. The Hall–Kier alpha value is -2.15. The Morgan fingerprint density at radius 2 is 1.72 bits per heavy atom.